The van der Waals surface area contributed by atoms with E-state index < -0.39 is 24.1 Å². The molecule has 2 aromatic rings. The molecular formula is C21H25BClF2NO3S. The van der Waals surface area contributed by atoms with Gasteiger partial charge >= 0.3 is 12.9 Å². The van der Waals surface area contributed by atoms with Gasteiger partial charge in [0.2, 0.25) is 0 Å². The summed E-state index contributed by atoms with van der Waals surface area (Å²) in [6.07, 6.45) is -0.326. The third-order valence-electron chi connectivity index (χ3n) is 5.43. The van der Waals surface area contributed by atoms with Gasteiger partial charge in [-0.05, 0) is 69.9 Å². The van der Waals surface area contributed by atoms with Crippen molar-refractivity contribution in [3.05, 3.63) is 53.1 Å². The Kier molecular flexibility index (Phi) is 6.92. The van der Waals surface area contributed by atoms with Crippen LogP contribution in [-0.4, -0.2) is 24.1 Å². The summed E-state index contributed by atoms with van der Waals surface area (Å²) in [6, 6.07) is 12.5. The number of nitrogens with one attached hydrogen (secondary N) is 1. The molecule has 0 amide bonds. The topological polar surface area (TPSA) is 39.7 Å². The smallest absolute Gasteiger partial charge is 0.484 e. The van der Waals surface area contributed by atoms with E-state index in [0.29, 0.717) is 28.4 Å². The average molecular weight is 456 g/mol. The van der Waals surface area contributed by atoms with Crippen molar-refractivity contribution in [1.82, 2.24) is 0 Å². The van der Waals surface area contributed by atoms with Crippen molar-refractivity contribution in [2.45, 2.75) is 57.7 Å². The molecule has 0 saturated carbocycles. The molecule has 3 rings (SSSR count). The molecule has 4 nitrogen and oxygen atoms in total. The lowest BCUT2D eigenvalue weighted by Crippen LogP contribution is -2.41. The molecule has 0 aromatic heterocycles. The van der Waals surface area contributed by atoms with Crippen LogP contribution in [0.25, 0.3) is 0 Å². The second kappa shape index (κ2) is 8.95. The van der Waals surface area contributed by atoms with E-state index in [1.165, 1.54) is 0 Å². The van der Waals surface area contributed by atoms with Gasteiger partial charge in [-0.25, -0.2) is 0 Å². The maximum absolute atomic E-state index is 12.7. The van der Waals surface area contributed by atoms with Gasteiger partial charge in [0, 0.05) is 17.0 Å². The van der Waals surface area contributed by atoms with Gasteiger partial charge in [-0.15, -0.1) is 0 Å². The maximum Gasteiger partial charge on any atom is 0.494 e. The quantitative estimate of drug-likeness (QED) is 0.406. The van der Waals surface area contributed by atoms with Crippen LogP contribution in [0.3, 0.4) is 0 Å². The Balaban J connectivity index is 1.88. The fraction of sp³-hybridized carbons (Fsp3) is 0.429. The molecule has 30 heavy (non-hydrogen) atoms. The minimum absolute atomic E-state index is 0.318. The van der Waals surface area contributed by atoms with Crippen LogP contribution in [-0.2, 0) is 9.31 Å². The van der Waals surface area contributed by atoms with Gasteiger partial charge in [0.25, 0.3) is 0 Å². The lowest BCUT2D eigenvalue weighted by molar-refractivity contribution is 0.00578. The number of halogens is 3. The van der Waals surface area contributed by atoms with Gasteiger partial charge in [-0.2, -0.15) is 8.78 Å². The summed E-state index contributed by atoms with van der Waals surface area (Å²) < 4.78 is 46.5. The number of hydrogen-bond donors (Lipinski definition) is 1. The van der Waals surface area contributed by atoms with E-state index in [0.717, 1.165) is 11.0 Å². The molecule has 1 aliphatic heterocycles. The van der Waals surface area contributed by atoms with Crippen LogP contribution >= 0.6 is 23.5 Å². The van der Waals surface area contributed by atoms with Crippen molar-refractivity contribution in [2.24, 2.45) is 0 Å². The molecule has 1 atom stereocenters. The Hall–Kier alpha value is -1.48. The first-order valence-electron chi connectivity index (χ1n) is 9.60. The van der Waals surface area contributed by atoms with Crippen molar-refractivity contribution in [1.29, 1.82) is 0 Å². The van der Waals surface area contributed by atoms with E-state index in [9.17, 15) is 8.78 Å². The minimum atomic E-state index is -2.56. The predicted molar refractivity (Wildman–Crippen MR) is 120 cm³/mol. The van der Waals surface area contributed by atoms with E-state index in [-0.39, 0.29) is 6.10 Å². The third-order valence-corrected chi connectivity index (χ3v) is 6.20. The van der Waals surface area contributed by atoms with Crippen LogP contribution in [0.2, 0.25) is 5.02 Å². The second-order valence-electron chi connectivity index (χ2n) is 8.14. The average Bonchev–Trinajstić information content (AvgIpc) is 2.88. The Labute approximate surface area is 185 Å². The zero-order valence-electron chi connectivity index (χ0n) is 17.5. The molecule has 0 aliphatic carbocycles. The van der Waals surface area contributed by atoms with Crippen molar-refractivity contribution in [3.8, 4) is 5.75 Å². The molecule has 0 spiro atoms. The third kappa shape index (κ3) is 5.22. The van der Waals surface area contributed by atoms with Crippen molar-refractivity contribution in [2.75, 3.05) is 4.72 Å². The molecule has 0 radical (unpaired) electrons. The fourth-order valence-corrected chi connectivity index (χ4v) is 3.46. The molecule has 9 heteroatoms. The Bertz CT molecular complexity index is 867. The van der Waals surface area contributed by atoms with E-state index >= 15 is 0 Å². The summed E-state index contributed by atoms with van der Waals surface area (Å²) in [7, 11) is -0.583. The number of anilines is 1. The highest BCUT2D eigenvalue weighted by molar-refractivity contribution is 8.00. The summed E-state index contributed by atoms with van der Waals surface area (Å²) in [5.41, 5.74) is 1.13. The summed E-state index contributed by atoms with van der Waals surface area (Å²) >= 11 is 6.28. The number of ether oxygens (including phenoxy) is 1. The molecule has 1 fully saturated rings. The second-order valence-corrected chi connectivity index (χ2v) is 9.37. The van der Waals surface area contributed by atoms with Crippen LogP contribution in [0.5, 0.6) is 5.75 Å². The molecule has 162 valence electrons. The SMILES string of the molecule is CC(Oc1cc(B2OC(C)(C)C(C)(C)O2)ccc1NSC(F)F)c1ccc(Cl)cc1. The van der Waals surface area contributed by atoms with E-state index in [2.05, 4.69) is 4.72 Å². The Morgan fingerprint density at radius 3 is 2.20 bits per heavy atom. The first kappa shape index (κ1) is 23.2. The van der Waals surface area contributed by atoms with Gasteiger partial charge in [-0.3, -0.25) is 0 Å². The minimum Gasteiger partial charge on any atom is -0.484 e. The molecular weight excluding hydrogens is 431 g/mol. The monoisotopic (exact) mass is 455 g/mol. The highest BCUT2D eigenvalue weighted by Gasteiger charge is 2.51. The first-order valence-corrected chi connectivity index (χ1v) is 10.9. The van der Waals surface area contributed by atoms with E-state index in [1.54, 1.807) is 30.3 Å². The van der Waals surface area contributed by atoms with Crippen LogP contribution in [0.15, 0.2) is 42.5 Å². The lowest BCUT2D eigenvalue weighted by atomic mass is 9.79. The summed E-state index contributed by atoms with van der Waals surface area (Å²) in [4.78, 5) is 0. The van der Waals surface area contributed by atoms with Gasteiger partial charge in [-0.1, -0.05) is 29.8 Å². The molecule has 2 aromatic carbocycles. The Morgan fingerprint density at radius 1 is 1.03 bits per heavy atom. The summed E-state index contributed by atoms with van der Waals surface area (Å²) in [5.74, 6) is -2.13. The van der Waals surface area contributed by atoms with Gasteiger partial charge in [0.1, 0.15) is 11.9 Å². The number of alkyl halides is 2. The molecule has 1 heterocycles. The number of hydrogen-bond acceptors (Lipinski definition) is 5. The van der Waals surface area contributed by atoms with Gasteiger partial charge < -0.3 is 18.8 Å². The van der Waals surface area contributed by atoms with Crippen molar-refractivity contribution in [3.63, 3.8) is 0 Å². The van der Waals surface area contributed by atoms with Gasteiger partial charge in [0.15, 0.2) is 0 Å². The zero-order valence-corrected chi connectivity index (χ0v) is 19.1. The number of rotatable bonds is 7. The summed E-state index contributed by atoms with van der Waals surface area (Å²) in [5, 5.41) is 0.629. The maximum atomic E-state index is 12.7. The van der Waals surface area contributed by atoms with E-state index in [4.69, 9.17) is 25.6 Å². The van der Waals surface area contributed by atoms with Crippen LogP contribution in [0.1, 0.15) is 46.3 Å². The first-order chi connectivity index (χ1) is 14.0. The highest BCUT2D eigenvalue weighted by Crippen LogP contribution is 2.38. The van der Waals surface area contributed by atoms with Crippen LogP contribution in [0.4, 0.5) is 14.5 Å². The van der Waals surface area contributed by atoms with Crippen molar-refractivity contribution < 1.29 is 22.8 Å². The standard InChI is InChI=1S/C21H25BClF2NO3S/c1-13(14-6-9-16(23)10-7-14)27-18-12-15(8-11-17(18)26-30-19(24)25)22-28-20(2,3)21(4,5)29-22/h6-13,19,26H,1-5H3. The fourth-order valence-electron chi connectivity index (χ4n) is 2.95. The van der Waals surface area contributed by atoms with E-state index in [1.807, 2.05) is 46.8 Å². The normalized spacial score (nSPS) is 18.5. The molecule has 1 aliphatic rings. The lowest BCUT2D eigenvalue weighted by Gasteiger charge is -2.32. The number of benzene rings is 2. The zero-order chi connectivity index (χ0) is 22.1. The van der Waals surface area contributed by atoms with Crippen LogP contribution in [0, 0.1) is 0 Å². The largest absolute Gasteiger partial charge is 0.494 e. The Morgan fingerprint density at radius 2 is 1.63 bits per heavy atom. The van der Waals surface area contributed by atoms with Gasteiger partial charge in [0.05, 0.1) is 16.9 Å². The molecule has 1 saturated heterocycles. The van der Waals surface area contributed by atoms with Crippen molar-refractivity contribution >= 4 is 41.8 Å². The molecule has 1 N–H and O–H groups in total. The summed E-state index contributed by atoms with van der Waals surface area (Å²) in [6.45, 7) is 9.78. The molecule has 1 unspecified atom stereocenters. The van der Waals surface area contributed by atoms with Crippen LogP contribution < -0.4 is 14.9 Å². The highest BCUT2D eigenvalue weighted by atomic mass is 35.5. The molecule has 0 bridgehead atoms. The predicted octanol–water partition coefficient (Wildman–Crippen LogP) is 6.06.